The summed E-state index contributed by atoms with van der Waals surface area (Å²) < 4.78 is 4.64. The first-order chi connectivity index (χ1) is 51.6. The molecule has 0 saturated carbocycles. The molecule has 7 fully saturated rings. The fourth-order valence-electron chi connectivity index (χ4n) is 11.8. The first-order valence-electron chi connectivity index (χ1n) is 32.2. The van der Waals surface area contributed by atoms with Gasteiger partial charge in [-0.2, -0.15) is 0 Å². The maximum atomic E-state index is 11.9. The molecular weight excluding hydrogens is 1550 g/mol. The smallest absolute Gasteiger partial charge is 0.329 e. The molecule has 0 radical (unpaired) electrons. The summed E-state index contributed by atoms with van der Waals surface area (Å²) in [4.78, 5) is 293. The summed E-state index contributed by atoms with van der Waals surface area (Å²) in [6.07, 6.45) is -11.8. The number of aliphatic hydroxyl groups is 6. The summed E-state index contributed by atoms with van der Waals surface area (Å²) in [5, 5.41) is 172. The molecule has 7 aliphatic heterocycles. The first-order valence-corrected chi connectivity index (χ1v) is 32.2. The van der Waals surface area contributed by atoms with Crippen LogP contribution in [0, 0.1) is 0 Å². The molecule has 52 heteroatoms. The molecule has 19 N–H and O–H groups in total. The van der Waals surface area contributed by atoms with Gasteiger partial charge in [0.2, 0.25) is 35.4 Å². The van der Waals surface area contributed by atoms with Crippen LogP contribution in [0.3, 0.4) is 0 Å². The Labute approximate surface area is 628 Å². The number of carboxylic acids is 13. The first kappa shape index (κ1) is 96.3. The van der Waals surface area contributed by atoms with Crippen molar-refractivity contribution in [3.8, 4) is 0 Å². The van der Waals surface area contributed by atoms with E-state index in [0.29, 0.717) is 26.0 Å². The second-order valence-electron chi connectivity index (χ2n) is 25.7. The molecule has 52 nitrogen and oxygen atoms in total. The van der Waals surface area contributed by atoms with Crippen LogP contribution in [0.1, 0.15) is 143 Å². The highest BCUT2D eigenvalue weighted by atomic mass is 16.5. The highest BCUT2D eigenvalue weighted by molar-refractivity contribution is 6.15. The van der Waals surface area contributed by atoms with E-state index < -0.39 is 321 Å². The Morgan fingerprint density at radius 2 is 0.611 bits per heavy atom. The van der Waals surface area contributed by atoms with Gasteiger partial charge in [-0.15, -0.1) is 0 Å². The number of carbonyl (C=O) groups is 26. The van der Waals surface area contributed by atoms with Gasteiger partial charge in [-0.05, 0) is 26.2 Å². The Morgan fingerprint density at radius 3 is 0.858 bits per heavy atom. The number of carbonyl (C=O) groups excluding carboxylic acids is 13. The Kier molecular flexibility index (Phi) is 32.5. The molecule has 0 bridgehead atoms. The number of carboxylic acid groups (broad SMARTS) is 13. The molecule has 624 valence electrons. The SMILES string of the molecule is CC(C(=O)O)N1C(=O)CC(O)(CC(=O)O)C1=O.CCC(C(=O)O)N1C(=O)CC(O)(CC(=O)O)C1=O.CCCC(C(=O)O)N1C(=O)CC(O)(CC(=O)O)C1=O.O=C(O)CC(C(=O)O)N1C(=O)CC(O)(CC(=O)O)C1=O.O=C(O)CC1(O)CC(=O)N(C2CCOC2=O)C1=O.O=C(O)CCC(C(=O)O)N1C(=O)CC(O)(CC(=O)O)C1=O. The molecule has 12 amide bonds. The van der Waals surface area contributed by atoms with Crippen molar-refractivity contribution in [3.63, 3.8) is 0 Å². The third kappa shape index (κ3) is 23.6. The van der Waals surface area contributed by atoms with Crippen molar-refractivity contribution in [2.45, 2.75) is 213 Å². The van der Waals surface area contributed by atoms with Crippen LogP contribution in [0.4, 0.5) is 0 Å². The van der Waals surface area contributed by atoms with E-state index >= 15 is 0 Å². The summed E-state index contributed by atoms with van der Waals surface area (Å²) >= 11 is 0. The minimum Gasteiger partial charge on any atom is -0.481 e. The molecule has 7 saturated heterocycles. The van der Waals surface area contributed by atoms with E-state index in [-0.39, 0.29) is 35.7 Å². The molecular formula is C61H74N6O46. The van der Waals surface area contributed by atoms with Crippen molar-refractivity contribution in [3.05, 3.63) is 0 Å². The van der Waals surface area contributed by atoms with Crippen molar-refractivity contribution in [2.24, 2.45) is 0 Å². The number of esters is 1. The maximum Gasteiger partial charge on any atom is 0.329 e. The van der Waals surface area contributed by atoms with Crippen LogP contribution in [-0.4, -0.2) is 357 Å². The number of aliphatic carboxylic acids is 13. The standard InChI is InChI=1S/C11H13NO9.C11H15NO7.C10H11NO9.C10H11NO7.C10H13NO7.C9H11NO7/c13-6-3-11(21,4-8(16)17)10(20)12(6)5(9(18)19)1-2-7(14)15;1-2-3-6(9(16)17)12-7(13)4-11(19,10(12)18)5-8(14)15;12-5-2-10(20,3-7(15)16)9(19)11(5)4(8(17)18)1-6(13)14;12-6-3-10(17,4-7(13)14)9(16)11(6)5-1-2-18-8(5)15;1-2-5(8(15)16)11-6(12)3-10(18,9(11)17)4-7(13)14;1-4(7(14)15)10-5(11)2-9(17,8(10)16)3-6(12)13/h5,21H,1-4H2,(H,14,15)(H,16,17)(H,18,19);6,19H,2-5H2,1H3,(H,14,15)(H,16,17);4,20H,1-3H2,(H,13,14)(H,15,16)(H,17,18);5,17H,1-4H2,(H,13,14);5,18H,2-4H2,1H3,(H,13,14)(H,15,16);4,17H,2-3H2,1H3,(H,12,13)(H,14,15). The van der Waals surface area contributed by atoms with Crippen molar-refractivity contribution in [1.82, 2.24) is 29.4 Å². The highest BCUT2D eigenvalue weighted by Gasteiger charge is 2.61. The number of hydrogen-bond donors (Lipinski definition) is 19. The van der Waals surface area contributed by atoms with Crippen LogP contribution in [-0.2, 0) is 129 Å². The van der Waals surface area contributed by atoms with Gasteiger partial charge in [0, 0.05) is 12.8 Å². The number of rotatable bonds is 31. The van der Waals surface area contributed by atoms with Gasteiger partial charge in [-0.25, -0.2) is 28.8 Å². The van der Waals surface area contributed by atoms with Crippen LogP contribution in [0.2, 0.25) is 0 Å². The lowest BCUT2D eigenvalue weighted by Gasteiger charge is -2.24. The maximum absolute atomic E-state index is 11.9. The van der Waals surface area contributed by atoms with E-state index in [1.807, 2.05) is 0 Å². The summed E-state index contributed by atoms with van der Waals surface area (Å²) in [5.41, 5.74) is -14.3. The summed E-state index contributed by atoms with van der Waals surface area (Å²) in [5.74, 6) is -32.8. The number of likely N-dealkylation sites (tertiary alicyclic amines) is 6. The lowest BCUT2D eigenvalue weighted by molar-refractivity contribution is -0.162. The molecule has 0 aromatic heterocycles. The van der Waals surface area contributed by atoms with E-state index in [0.717, 1.165) is 6.92 Å². The number of cyclic esters (lactones) is 1. The molecule has 0 aliphatic carbocycles. The fraction of sp³-hybridized carbons (Fsp3) is 0.574. The minimum atomic E-state index is -2.55. The molecule has 113 heavy (non-hydrogen) atoms. The van der Waals surface area contributed by atoms with Crippen molar-refractivity contribution in [1.29, 1.82) is 0 Å². The van der Waals surface area contributed by atoms with E-state index in [1.54, 1.807) is 6.92 Å². The lowest BCUT2D eigenvalue weighted by Crippen LogP contribution is -2.49. The van der Waals surface area contributed by atoms with Gasteiger partial charge in [0.1, 0.15) is 36.3 Å². The number of amides is 12. The van der Waals surface area contributed by atoms with Crippen molar-refractivity contribution >= 4 is 154 Å². The Bertz CT molecular complexity index is 3940. The second kappa shape index (κ2) is 38.2. The molecule has 12 unspecified atom stereocenters. The van der Waals surface area contributed by atoms with Gasteiger partial charge in [0.15, 0.2) is 33.6 Å². The van der Waals surface area contributed by atoms with E-state index in [1.165, 1.54) is 6.92 Å². The summed E-state index contributed by atoms with van der Waals surface area (Å²) in [7, 11) is 0. The zero-order valence-corrected chi connectivity index (χ0v) is 58.8. The molecule has 12 atom stereocenters. The lowest BCUT2D eigenvalue weighted by atomic mass is 9.98. The van der Waals surface area contributed by atoms with Gasteiger partial charge in [0.05, 0.1) is 90.1 Å². The number of imide groups is 6. The van der Waals surface area contributed by atoms with Gasteiger partial charge < -0.3 is 102 Å². The van der Waals surface area contributed by atoms with Gasteiger partial charge in [-0.3, -0.25) is 125 Å². The average molecular weight is 1630 g/mol. The van der Waals surface area contributed by atoms with Crippen molar-refractivity contribution < 1.29 is 226 Å². The van der Waals surface area contributed by atoms with Crippen LogP contribution in [0.15, 0.2) is 0 Å². The van der Waals surface area contributed by atoms with E-state index in [9.17, 15) is 155 Å². The van der Waals surface area contributed by atoms with Crippen LogP contribution >= 0.6 is 0 Å². The third-order valence-corrected chi connectivity index (χ3v) is 16.9. The van der Waals surface area contributed by atoms with Gasteiger partial charge in [-0.1, -0.05) is 20.3 Å². The number of ether oxygens (including phenoxy) is 1. The molecule has 7 rings (SSSR count). The molecule has 0 spiro atoms. The van der Waals surface area contributed by atoms with Crippen molar-refractivity contribution in [2.75, 3.05) is 6.61 Å². The third-order valence-electron chi connectivity index (χ3n) is 16.9. The number of hydrogen-bond acceptors (Lipinski definition) is 33. The Hall–Kier alpha value is -12.8. The predicted molar refractivity (Wildman–Crippen MR) is 339 cm³/mol. The zero-order chi connectivity index (χ0) is 87.8. The Morgan fingerprint density at radius 1 is 0.345 bits per heavy atom. The topological polar surface area (TPSA) is 857 Å². The predicted octanol–water partition coefficient (Wildman–Crippen LogP) is -9.14. The highest BCUT2D eigenvalue weighted by Crippen LogP contribution is 2.36. The largest absolute Gasteiger partial charge is 0.481 e. The van der Waals surface area contributed by atoms with E-state index in [4.69, 9.17) is 66.4 Å². The fourth-order valence-corrected chi connectivity index (χ4v) is 11.8. The zero-order valence-electron chi connectivity index (χ0n) is 58.8. The van der Waals surface area contributed by atoms with Crippen LogP contribution in [0.5, 0.6) is 0 Å². The van der Waals surface area contributed by atoms with E-state index in [2.05, 4.69) is 4.74 Å². The quantitative estimate of drug-likeness (QED) is 0.0226. The summed E-state index contributed by atoms with van der Waals surface area (Å²) in [6, 6.07) is -8.98. The molecule has 7 heterocycles. The number of nitrogens with zero attached hydrogens (tertiary/aromatic N) is 6. The monoisotopic (exact) mass is 1630 g/mol. The summed E-state index contributed by atoms with van der Waals surface area (Å²) in [6.45, 7) is 4.35. The molecule has 7 aliphatic rings. The van der Waals surface area contributed by atoms with Crippen LogP contribution < -0.4 is 0 Å². The van der Waals surface area contributed by atoms with Gasteiger partial charge in [0.25, 0.3) is 35.4 Å². The normalized spacial score (nSPS) is 25.7. The minimum absolute atomic E-state index is 0.0179. The molecule has 0 aromatic carbocycles. The molecule has 0 aromatic rings. The average Bonchev–Trinajstić information content (AvgIpc) is 1.64. The van der Waals surface area contributed by atoms with Gasteiger partial charge >= 0.3 is 83.6 Å². The van der Waals surface area contributed by atoms with Crippen LogP contribution in [0.25, 0.3) is 0 Å². The Balaban J connectivity index is 0.000000461. The second-order valence-corrected chi connectivity index (χ2v) is 25.7.